The molecular formula is C23H19NS. The predicted octanol–water partition coefficient (Wildman–Crippen LogP) is 4.89. The summed E-state index contributed by atoms with van der Waals surface area (Å²) < 4.78 is 0. The van der Waals surface area contributed by atoms with Gasteiger partial charge in [-0.3, -0.25) is 0 Å². The van der Waals surface area contributed by atoms with E-state index < -0.39 is 0 Å². The quantitative estimate of drug-likeness (QED) is 0.493. The molecule has 0 aliphatic carbocycles. The van der Waals surface area contributed by atoms with Crippen LogP contribution in [0.25, 0.3) is 0 Å². The van der Waals surface area contributed by atoms with Gasteiger partial charge >= 0.3 is 0 Å². The van der Waals surface area contributed by atoms with Gasteiger partial charge in [0.25, 0.3) is 0 Å². The third-order valence-corrected chi connectivity index (χ3v) is 4.41. The van der Waals surface area contributed by atoms with Gasteiger partial charge in [0.2, 0.25) is 0 Å². The Hall–Kier alpha value is -2.89. The SMILES string of the molecule is CN(Cc1ccccc1)C(=S)c1ccccc1C#Cc1ccccc1. The molecule has 0 heterocycles. The zero-order chi connectivity index (χ0) is 17.5. The van der Waals surface area contributed by atoms with Crippen LogP contribution in [0.5, 0.6) is 0 Å². The Bertz CT molecular complexity index is 905. The fraction of sp³-hybridized carbons (Fsp3) is 0.0870. The molecule has 3 aromatic rings. The average Bonchev–Trinajstić information content (AvgIpc) is 2.67. The lowest BCUT2D eigenvalue weighted by Gasteiger charge is -2.21. The summed E-state index contributed by atoms with van der Waals surface area (Å²) >= 11 is 5.72. The Morgan fingerprint density at radius 1 is 0.800 bits per heavy atom. The average molecular weight is 341 g/mol. The highest BCUT2D eigenvalue weighted by Gasteiger charge is 2.11. The minimum absolute atomic E-state index is 0.778. The second kappa shape index (κ2) is 8.28. The van der Waals surface area contributed by atoms with Crippen LogP contribution in [0.1, 0.15) is 22.3 Å². The van der Waals surface area contributed by atoms with E-state index in [0.717, 1.165) is 28.2 Å². The van der Waals surface area contributed by atoms with E-state index in [4.69, 9.17) is 12.2 Å². The van der Waals surface area contributed by atoms with Gasteiger partial charge in [0, 0.05) is 30.3 Å². The lowest BCUT2D eigenvalue weighted by molar-refractivity contribution is 0.510. The van der Waals surface area contributed by atoms with Gasteiger partial charge in [-0.15, -0.1) is 0 Å². The third kappa shape index (κ3) is 4.56. The van der Waals surface area contributed by atoms with Gasteiger partial charge in [0.15, 0.2) is 0 Å². The van der Waals surface area contributed by atoms with Gasteiger partial charge in [-0.1, -0.05) is 90.8 Å². The standard InChI is InChI=1S/C23H19NS/c1-24(18-20-12-6-3-7-13-20)23(25)22-15-9-8-14-21(22)17-16-19-10-4-2-5-11-19/h2-15H,18H2,1H3. The number of thiocarbonyl (C=S) groups is 1. The predicted molar refractivity (Wildman–Crippen MR) is 108 cm³/mol. The van der Waals surface area contributed by atoms with Crippen molar-refractivity contribution in [2.75, 3.05) is 7.05 Å². The molecule has 0 aliphatic rings. The topological polar surface area (TPSA) is 3.24 Å². The highest BCUT2D eigenvalue weighted by Crippen LogP contribution is 2.14. The minimum atomic E-state index is 0.778. The maximum Gasteiger partial charge on any atom is 0.110 e. The van der Waals surface area contributed by atoms with Crippen LogP contribution in [-0.2, 0) is 6.54 Å². The number of benzene rings is 3. The lowest BCUT2D eigenvalue weighted by Crippen LogP contribution is -2.25. The van der Waals surface area contributed by atoms with E-state index in [1.54, 1.807) is 0 Å². The van der Waals surface area contributed by atoms with E-state index in [2.05, 4.69) is 28.9 Å². The van der Waals surface area contributed by atoms with E-state index in [1.807, 2.05) is 79.8 Å². The van der Waals surface area contributed by atoms with Crippen molar-refractivity contribution in [2.24, 2.45) is 0 Å². The van der Waals surface area contributed by atoms with Crippen LogP contribution in [0.3, 0.4) is 0 Å². The Labute approximate surface area is 154 Å². The monoisotopic (exact) mass is 341 g/mol. The van der Waals surface area contributed by atoms with Crippen LogP contribution in [0, 0.1) is 11.8 Å². The maximum absolute atomic E-state index is 5.72. The van der Waals surface area contributed by atoms with Crippen LogP contribution in [0.2, 0.25) is 0 Å². The van der Waals surface area contributed by atoms with Gasteiger partial charge in [-0.25, -0.2) is 0 Å². The molecule has 1 nitrogen and oxygen atoms in total. The first-order chi connectivity index (χ1) is 12.2. The van der Waals surface area contributed by atoms with E-state index in [1.165, 1.54) is 5.56 Å². The summed E-state index contributed by atoms with van der Waals surface area (Å²) in [4.78, 5) is 2.90. The number of nitrogens with zero attached hydrogens (tertiary/aromatic N) is 1. The van der Waals surface area contributed by atoms with Gasteiger partial charge in [-0.2, -0.15) is 0 Å². The zero-order valence-electron chi connectivity index (χ0n) is 14.1. The van der Waals surface area contributed by atoms with E-state index in [9.17, 15) is 0 Å². The zero-order valence-corrected chi connectivity index (χ0v) is 15.0. The second-order valence-corrected chi connectivity index (χ2v) is 6.20. The van der Waals surface area contributed by atoms with E-state index in [-0.39, 0.29) is 0 Å². The number of rotatable bonds is 3. The molecule has 0 saturated carbocycles. The van der Waals surface area contributed by atoms with Crippen molar-refractivity contribution in [1.82, 2.24) is 4.90 Å². The smallest absolute Gasteiger partial charge is 0.110 e. The summed E-state index contributed by atoms with van der Waals surface area (Å²) in [5.41, 5.74) is 4.19. The fourth-order valence-corrected chi connectivity index (χ4v) is 2.82. The third-order valence-electron chi connectivity index (χ3n) is 3.88. The molecule has 0 saturated heterocycles. The number of hydrogen-bond acceptors (Lipinski definition) is 1. The van der Waals surface area contributed by atoms with Crippen LogP contribution in [0.4, 0.5) is 0 Å². The Balaban J connectivity index is 1.83. The molecule has 3 aromatic carbocycles. The Morgan fingerprint density at radius 2 is 1.40 bits per heavy atom. The summed E-state index contributed by atoms with van der Waals surface area (Å²) in [7, 11) is 2.02. The van der Waals surface area contributed by atoms with Gasteiger partial charge in [0.05, 0.1) is 0 Å². The summed E-state index contributed by atoms with van der Waals surface area (Å²) in [6.07, 6.45) is 0. The van der Waals surface area contributed by atoms with E-state index in [0.29, 0.717) is 0 Å². The molecule has 0 spiro atoms. The normalized spacial score (nSPS) is 9.80. The molecule has 0 fully saturated rings. The van der Waals surface area contributed by atoms with Crippen LogP contribution < -0.4 is 0 Å². The van der Waals surface area contributed by atoms with Crippen molar-refractivity contribution in [2.45, 2.75) is 6.54 Å². The van der Waals surface area contributed by atoms with Crippen LogP contribution in [-0.4, -0.2) is 16.9 Å². The molecule has 0 radical (unpaired) electrons. The lowest BCUT2D eigenvalue weighted by atomic mass is 10.1. The first kappa shape index (κ1) is 17.0. The largest absolute Gasteiger partial charge is 0.361 e. The van der Waals surface area contributed by atoms with E-state index >= 15 is 0 Å². The first-order valence-electron chi connectivity index (χ1n) is 8.19. The minimum Gasteiger partial charge on any atom is -0.361 e. The first-order valence-corrected chi connectivity index (χ1v) is 8.60. The van der Waals surface area contributed by atoms with Gasteiger partial charge < -0.3 is 4.90 Å². The van der Waals surface area contributed by atoms with Gasteiger partial charge in [-0.05, 0) is 23.8 Å². The van der Waals surface area contributed by atoms with Crippen molar-refractivity contribution in [3.8, 4) is 11.8 Å². The molecule has 122 valence electrons. The maximum atomic E-state index is 5.72. The molecular weight excluding hydrogens is 322 g/mol. The highest BCUT2D eigenvalue weighted by atomic mass is 32.1. The van der Waals surface area contributed by atoms with Gasteiger partial charge in [0.1, 0.15) is 4.99 Å². The molecule has 0 aromatic heterocycles. The fourth-order valence-electron chi connectivity index (χ4n) is 2.57. The van der Waals surface area contributed by atoms with Crippen molar-refractivity contribution in [1.29, 1.82) is 0 Å². The molecule has 0 N–H and O–H groups in total. The molecule has 3 rings (SSSR count). The van der Waals surface area contributed by atoms with Crippen molar-refractivity contribution < 1.29 is 0 Å². The van der Waals surface area contributed by atoms with Crippen molar-refractivity contribution in [3.63, 3.8) is 0 Å². The highest BCUT2D eigenvalue weighted by molar-refractivity contribution is 7.80. The molecule has 2 heteroatoms. The Kier molecular flexibility index (Phi) is 5.61. The number of hydrogen-bond donors (Lipinski definition) is 0. The molecule has 25 heavy (non-hydrogen) atoms. The molecule has 0 atom stereocenters. The van der Waals surface area contributed by atoms with Crippen molar-refractivity contribution in [3.05, 3.63) is 107 Å². The summed E-state index contributed by atoms with van der Waals surface area (Å²) in [5, 5.41) is 0. The molecule has 0 bridgehead atoms. The molecule has 0 aliphatic heterocycles. The van der Waals surface area contributed by atoms with Crippen molar-refractivity contribution >= 4 is 17.2 Å². The Morgan fingerprint density at radius 3 is 2.12 bits per heavy atom. The summed E-state index contributed by atoms with van der Waals surface area (Å²) in [6, 6.07) is 28.4. The van der Waals surface area contributed by atoms with Crippen LogP contribution in [0.15, 0.2) is 84.9 Å². The second-order valence-electron chi connectivity index (χ2n) is 5.81. The molecule has 0 amide bonds. The summed E-state index contributed by atoms with van der Waals surface area (Å²) in [6.45, 7) is 0.778. The van der Waals surface area contributed by atoms with Crippen LogP contribution >= 0.6 is 12.2 Å². The molecule has 0 unspecified atom stereocenters. The summed E-state index contributed by atoms with van der Waals surface area (Å²) in [5.74, 6) is 6.48.